The number of benzene rings is 2. The van der Waals surface area contributed by atoms with Crippen LogP contribution in [0.3, 0.4) is 0 Å². The number of nitrogens with zero attached hydrogens (tertiary/aromatic N) is 2. The molecule has 0 atom stereocenters. The van der Waals surface area contributed by atoms with Gasteiger partial charge >= 0.3 is 0 Å². The van der Waals surface area contributed by atoms with Gasteiger partial charge in [-0.05, 0) is 47.9 Å². The molecule has 2 heterocycles. The van der Waals surface area contributed by atoms with Crippen LogP contribution in [0, 0.1) is 12.7 Å². The van der Waals surface area contributed by atoms with Gasteiger partial charge in [-0.2, -0.15) is 0 Å². The molecule has 4 rings (SSSR count). The number of aryl methyl sites for hydroxylation is 1. The zero-order valence-corrected chi connectivity index (χ0v) is 15.3. The summed E-state index contributed by atoms with van der Waals surface area (Å²) in [5, 5.41) is 3.77. The molecule has 1 N–H and O–H groups in total. The highest BCUT2D eigenvalue weighted by molar-refractivity contribution is 5.94. The van der Waals surface area contributed by atoms with Crippen molar-refractivity contribution in [2.24, 2.45) is 0 Å². The number of hydrogen-bond donors (Lipinski definition) is 1. The quantitative estimate of drug-likeness (QED) is 0.554. The molecule has 0 fully saturated rings. The van der Waals surface area contributed by atoms with Gasteiger partial charge < -0.3 is 5.32 Å². The van der Waals surface area contributed by atoms with Gasteiger partial charge in [0.15, 0.2) is 0 Å². The maximum absolute atomic E-state index is 14.0. The third kappa shape index (κ3) is 3.74. The van der Waals surface area contributed by atoms with Gasteiger partial charge in [-0.25, -0.2) is 9.37 Å². The first-order valence-electron chi connectivity index (χ1n) is 8.95. The normalized spacial score (nSPS) is 10.8. The number of carbonyl (C=O) groups excluding carboxylic acids is 1. The highest BCUT2D eigenvalue weighted by atomic mass is 19.1. The van der Waals surface area contributed by atoms with Crippen molar-refractivity contribution in [3.63, 3.8) is 0 Å². The van der Waals surface area contributed by atoms with Gasteiger partial charge in [-0.1, -0.05) is 36.4 Å². The summed E-state index contributed by atoms with van der Waals surface area (Å²) < 4.78 is 14.0. The Labute approximate surface area is 162 Å². The second kappa shape index (κ2) is 7.56. The van der Waals surface area contributed by atoms with Gasteiger partial charge in [-0.15, -0.1) is 0 Å². The fourth-order valence-corrected chi connectivity index (χ4v) is 3.14. The van der Waals surface area contributed by atoms with Crippen molar-refractivity contribution in [3.8, 4) is 11.1 Å². The molecule has 0 saturated carbocycles. The molecule has 138 valence electrons. The van der Waals surface area contributed by atoms with Crippen LogP contribution in [0.15, 0.2) is 73.1 Å². The molecule has 0 aliphatic rings. The van der Waals surface area contributed by atoms with E-state index in [9.17, 15) is 9.18 Å². The summed E-state index contributed by atoms with van der Waals surface area (Å²) in [4.78, 5) is 20.7. The van der Waals surface area contributed by atoms with E-state index < -0.39 is 0 Å². The monoisotopic (exact) mass is 371 g/mol. The molecule has 28 heavy (non-hydrogen) atoms. The van der Waals surface area contributed by atoms with E-state index >= 15 is 0 Å². The Balaban J connectivity index is 1.61. The number of nitrogens with one attached hydrogen (secondary N) is 1. The average molecular weight is 371 g/mol. The van der Waals surface area contributed by atoms with Gasteiger partial charge in [0.25, 0.3) is 0 Å². The molecule has 0 radical (unpaired) electrons. The summed E-state index contributed by atoms with van der Waals surface area (Å²) in [7, 11) is 0. The lowest BCUT2D eigenvalue weighted by Crippen LogP contribution is -2.16. The molecule has 4 aromatic rings. The molecule has 2 aromatic heterocycles. The van der Waals surface area contributed by atoms with E-state index in [0.717, 1.165) is 27.6 Å². The molecule has 0 aliphatic heterocycles. The van der Waals surface area contributed by atoms with Crippen LogP contribution in [0.1, 0.15) is 11.1 Å². The number of anilines is 1. The summed E-state index contributed by atoms with van der Waals surface area (Å²) >= 11 is 0. The number of amides is 1. The summed E-state index contributed by atoms with van der Waals surface area (Å²) in [6.07, 6.45) is 3.06. The Bertz CT molecular complexity index is 1160. The van der Waals surface area contributed by atoms with E-state index in [1.54, 1.807) is 12.3 Å². The molecule has 1 amide bonds. The van der Waals surface area contributed by atoms with Gasteiger partial charge in [0, 0.05) is 17.1 Å². The van der Waals surface area contributed by atoms with Crippen LogP contribution >= 0.6 is 0 Å². The van der Waals surface area contributed by atoms with Crippen LogP contribution in [-0.4, -0.2) is 15.9 Å². The molecule has 2 aromatic carbocycles. The number of carbonyl (C=O) groups is 1. The predicted octanol–water partition coefficient (Wildman–Crippen LogP) is 4.93. The van der Waals surface area contributed by atoms with Crippen LogP contribution in [0.4, 0.5) is 10.2 Å². The summed E-state index contributed by atoms with van der Waals surface area (Å²) in [5.74, 6) is 0.0595. The molecular weight excluding hydrogens is 353 g/mol. The first kappa shape index (κ1) is 17.8. The van der Waals surface area contributed by atoms with Crippen molar-refractivity contribution in [2.45, 2.75) is 13.3 Å². The van der Waals surface area contributed by atoms with Crippen LogP contribution in [0.5, 0.6) is 0 Å². The number of halogens is 1. The number of hydrogen-bond acceptors (Lipinski definition) is 3. The third-order valence-electron chi connectivity index (χ3n) is 4.55. The predicted molar refractivity (Wildman–Crippen MR) is 108 cm³/mol. The Morgan fingerprint density at radius 2 is 1.89 bits per heavy atom. The van der Waals surface area contributed by atoms with Crippen molar-refractivity contribution in [1.29, 1.82) is 0 Å². The lowest BCUT2D eigenvalue weighted by molar-refractivity contribution is -0.115. The van der Waals surface area contributed by atoms with E-state index in [-0.39, 0.29) is 11.7 Å². The van der Waals surface area contributed by atoms with Crippen LogP contribution < -0.4 is 5.32 Å². The number of rotatable bonds is 4. The van der Waals surface area contributed by atoms with E-state index in [4.69, 9.17) is 0 Å². The Morgan fingerprint density at radius 3 is 2.68 bits per heavy atom. The van der Waals surface area contributed by atoms with Gasteiger partial charge in [-0.3, -0.25) is 9.78 Å². The summed E-state index contributed by atoms with van der Waals surface area (Å²) in [6, 6.07) is 18.7. The first-order valence-corrected chi connectivity index (χ1v) is 8.95. The Kier molecular flexibility index (Phi) is 4.81. The average Bonchev–Trinajstić information content (AvgIpc) is 2.69. The SMILES string of the molecule is Cc1cc2cc(-c3ccncc3F)ccc2nc1NC(=O)Cc1ccccc1. The zero-order chi connectivity index (χ0) is 19.5. The first-order chi connectivity index (χ1) is 13.6. The maximum Gasteiger partial charge on any atom is 0.229 e. The number of aromatic nitrogens is 2. The minimum absolute atomic E-state index is 0.114. The second-order valence-corrected chi connectivity index (χ2v) is 6.63. The topological polar surface area (TPSA) is 54.9 Å². The van der Waals surface area contributed by atoms with Crippen LogP contribution in [0.25, 0.3) is 22.0 Å². The molecule has 0 aliphatic carbocycles. The van der Waals surface area contributed by atoms with Crippen molar-refractivity contribution in [3.05, 3.63) is 90.0 Å². The lowest BCUT2D eigenvalue weighted by atomic mass is 10.0. The molecule has 5 heteroatoms. The zero-order valence-electron chi connectivity index (χ0n) is 15.3. The van der Waals surface area contributed by atoms with Crippen molar-refractivity contribution in [2.75, 3.05) is 5.32 Å². The van der Waals surface area contributed by atoms with E-state index in [1.807, 2.05) is 61.5 Å². The smallest absolute Gasteiger partial charge is 0.229 e. The Morgan fingerprint density at radius 1 is 1.07 bits per heavy atom. The minimum atomic E-state index is -0.365. The van der Waals surface area contributed by atoms with Gasteiger partial charge in [0.2, 0.25) is 5.91 Å². The fraction of sp³-hybridized carbons (Fsp3) is 0.0870. The third-order valence-corrected chi connectivity index (χ3v) is 4.55. The maximum atomic E-state index is 14.0. The minimum Gasteiger partial charge on any atom is -0.310 e. The number of pyridine rings is 2. The number of fused-ring (bicyclic) bond motifs is 1. The standard InChI is InChI=1S/C23H18FN3O/c1-15-11-18-13-17(19-9-10-25-14-20(19)24)7-8-21(18)26-23(15)27-22(28)12-16-5-3-2-4-6-16/h2-11,13-14H,12H2,1H3,(H,26,27,28). The molecule has 0 unspecified atom stereocenters. The van der Waals surface area contributed by atoms with Gasteiger partial charge in [0.05, 0.1) is 18.1 Å². The lowest BCUT2D eigenvalue weighted by Gasteiger charge is -2.11. The largest absolute Gasteiger partial charge is 0.310 e. The Hall–Kier alpha value is -3.60. The summed E-state index contributed by atoms with van der Waals surface area (Å²) in [6.45, 7) is 1.89. The molecule has 0 bridgehead atoms. The van der Waals surface area contributed by atoms with Crippen molar-refractivity contribution in [1.82, 2.24) is 9.97 Å². The van der Waals surface area contributed by atoms with Gasteiger partial charge in [0.1, 0.15) is 11.6 Å². The second-order valence-electron chi connectivity index (χ2n) is 6.63. The fourth-order valence-electron chi connectivity index (χ4n) is 3.14. The highest BCUT2D eigenvalue weighted by Gasteiger charge is 2.11. The van der Waals surface area contributed by atoms with Crippen molar-refractivity contribution >= 4 is 22.6 Å². The van der Waals surface area contributed by atoms with Crippen molar-refractivity contribution < 1.29 is 9.18 Å². The molecule has 0 saturated heterocycles. The van der Waals surface area contributed by atoms with Crippen LogP contribution in [-0.2, 0) is 11.2 Å². The van der Waals surface area contributed by atoms with E-state index in [2.05, 4.69) is 15.3 Å². The van der Waals surface area contributed by atoms with E-state index in [1.165, 1.54) is 6.20 Å². The molecule has 0 spiro atoms. The molecular formula is C23H18FN3O. The van der Waals surface area contributed by atoms with Crippen LogP contribution in [0.2, 0.25) is 0 Å². The van der Waals surface area contributed by atoms with E-state index in [0.29, 0.717) is 17.8 Å². The summed E-state index contributed by atoms with van der Waals surface area (Å²) in [5.41, 5.74) is 3.78. The molecule has 4 nitrogen and oxygen atoms in total. The highest BCUT2D eigenvalue weighted by Crippen LogP contribution is 2.27.